The first-order valence-electron chi connectivity index (χ1n) is 7.70. The Morgan fingerprint density at radius 2 is 1.71 bits per heavy atom. The van der Waals surface area contributed by atoms with E-state index < -0.39 is 5.41 Å². The molecule has 2 rings (SSSR count). The standard InChI is InChI=1S/C19H21ClN2O2/c1-13-9-10-15(20)11-16(13)22-18(24)19(2,3)17(23)21-12-14-7-5-4-6-8-14/h4-11H,12H2,1-3H3,(H,21,23)(H,22,24). The molecule has 0 heterocycles. The van der Waals surface area contributed by atoms with E-state index in [1.807, 2.05) is 43.3 Å². The molecule has 0 fully saturated rings. The summed E-state index contributed by atoms with van der Waals surface area (Å²) < 4.78 is 0. The number of nitrogens with one attached hydrogen (secondary N) is 2. The van der Waals surface area contributed by atoms with E-state index in [2.05, 4.69) is 10.6 Å². The minimum absolute atomic E-state index is 0.330. The summed E-state index contributed by atoms with van der Waals surface area (Å²) in [6.45, 7) is 5.45. The predicted octanol–water partition coefficient (Wildman–Crippen LogP) is 3.93. The van der Waals surface area contributed by atoms with Crippen LogP contribution in [-0.4, -0.2) is 11.8 Å². The van der Waals surface area contributed by atoms with Gasteiger partial charge in [0.1, 0.15) is 5.41 Å². The van der Waals surface area contributed by atoms with Crippen LogP contribution in [-0.2, 0) is 16.1 Å². The Morgan fingerprint density at radius 3 is 2.38 bits per heavy atom. The Hall–Kier alpha value is -2.33. The predicted molar refractivity (Wildman–Crippen MR) is 96.9 cm³/mol. The minimum atomic E-state index is -1.20. The van der Waals surface area contributed by atoms with Gasteiger partial charge in [-0.15, -0.1) is 0 Å². The first-order chi connectivity index (χ1) is 11.3. The Labute approximate surface area is 147 Å². The van der Waals surface area contributed by atoms with Gasteiger partial charge >= 0.3 is 0 Å². The second kappa shape index (κ2) is 7.49. The van der Waals surface area contributed by atoms with Crippen molar-refractivity contribution in [1.29, 1.82) is 0 Å². The van der Waals surface area contributed by atoms with E-state index >= 15 is 0 Å². The lowest BCUT2D eigenvalue weighted by Gasteiger charge is -2.23. The second-order valence-electron chi connectivity index (χ2n) is 6.21. The lowest BCUT2D eigenvalue weighted by molar-refractivity contribution is -0.138. The Kier molecular flexibility index (Phi) is 5.62. The van der Waals surface area contributed by atoms with Crippen LogP contribution in [0, 0.1) is 12.3 Å². The lowest BCUT2D eigenvalue weighted by Crippen LogP contribution is -2.45. The lowest BCUT2D eigenvalue weighted by atomic mass is 9.90. The molecule has 0 atom stereocenters. The zero-order valence-electron chi connectivity index (χ0n) is 14.0. The first kappa shape index (κ1) is 18.0. The summed E-state index contributed by atoms with van der Waals surface area (Å²) in [5.41, 5.74) is 1.27. The molecule has 2 N–H and O–H groups in total. The van der Waals surface area contributed by atoms with E-state index in [9.17, 15) is 9.59 Å². The maximum Gasteiger partial charge on any atom is 0.239 e. The number of halogens is 1. The molecule has 0 saturated carbocycles. The molecule has 126 valence electrons. The van der Waals surface area contributed by atoms with Crippen LogP contribution in [0.2, 0.25) is 5.02 Å². The highest BCUT2D eigenvalue weighted by molar-refractivity contribution is 6.31. The van der Waals surface area contributed by atoms with Gasteiger partial charge in [0, 0.05) is 17.3 Å². The van der Waals surface area contributed by atoms with E-state index in [-0.39, 0.29) is 11.8 Å². The zero-order chi connectivity index (χ0) is 17.7. The topological polar surface area (TPSA) is 58.2 Å². The van der Waals surface area contributed by atoms with Gasteiger partial charge in [0.05, 0.1) is 0 Å². The summed E-state index contributed by atoms with van der Waals surface area (Å²) >= 11 is 5.96. The van der Waals surface area contributed by atoms with Crippen LogP contribution in [0.3, 0.4) is 0 Å². The molecule has 24 heavy (non-hydrogen) atoms. The van der Waals surface area contributed by atoms with Gasteiger partial charge in [0.25, 0.3) is 0 Å². The smallest absolute Gasteiger partial charge is 0.239 e. The van der Waals surface area contributed by atoms with Gasteiger partial charge < -0.3 is 10.6 Å². The van der Waals surface area contributed by atoms with E-state index in [0.717, 1.165) is 11.1 Å². The summed E-state index contributed by atoms with van der Waals surface area (Å²) in [5, 5.41) is 6.12. The zero-order valence-corrected chi connectivity index (χ0v) is 14.8. The molecule has 0 radical (unpaired) electrons. The first-order valence-corrected chi connectivity index (χ1v) is 8.08. The van der Waals surface area contributed by atoms with Crippen molar-refractivity contribution in [3.8, 4) is 0 Å². The summed E-state index contributed by atoms with van der Waals surface area (Å²) in [4.78, 5) is 25.0. The number of hydrogen-bond donors (Lipinski definition) is 2. The van der Waals surface area contributed by atoms with Crippen LogP contribution in [0.15, 0.2) is 48.5 Å². The second-order valence-corrected chi connectivity index (χ2v) is 6.64. The van der Waals surface area contributed by atoms with Crippen LogP contribution in [0.4, 0.5) is 5.69 Å². The van der Waals surface area contributed by atoms with Crippen molar-refractivity contribution in [3.05, 3.63) is 64.7 Å². The van der Waals surface area contributed by atoms with Crippen molar-refractivity contribution in [3.63, 3.8) is 0 Å². The van der Waals surface area contributed by atoms with E-state index in [1.54, 1.807) is 26.0 Å². The van der Waals surface area contributed by atoms with Gasteiger partial charge in [-0.2, -0.15) is 0 Å². The third kappa shape index (κ3) is 4.36. The number of anilines is 1. The molecule has 0 aliphatic carbocycles. The van der Waals surface area contributed by atoms with Gasteiger partial charge in [-0.05, 0) is 44.0 Å². The SMILES string of the molecule is Cc1ccc(Cl)cc1NC(=O)C(C)(C)C(=O)NCc1ccccc1. The van der Waals surface area contributed by atoms with Crippen LogP contribution in [0.25, 0.3) is 0 Å². The molecule has 4 nitrogen and oxygen atoms in total. The Bertz CT molecular complexity index is 742. The molecule has 0 spiro atoms. The molecule has 0 unspecified atom stereocenters. The minimum Gasteiger partial charge on any atom is -0.351 e. The third-order valence-corrected chi connectivity index (χ3v) is 4.11. The highest BCUT2D eigenvalue weighted by Gasteiger charge is 2.36. The van der Waals surface area contributed by atoms with Crippen LogP contribution >= 0.6 is 11.6 Å². The maximum atomic E-state index is 12.5. The fourth-order valence-electron chi connectivity index (χ4n) is 2.11. The number of aryl methyl sites for hydroxylation is 1. The van der Waals surface area contributed by atoms with Crippen LogP contribution < -0.4 is 10.6 Å². The molecule has 2 amide bonds. The molecule has 0 saturated heterocycles. The number of benzene rings is 2. The average Bonchev–Trinajstić information content (AvgIpc) is 2.56. The van der Waals surface area contributed by atoms with Gasteiger partial charge in [-0.25, -0.2) is 0 Å². The highest BCUT2D eigenvalue weighted by atomic mass is 35.5. The maximum absolute atomic E-state index is 12.5. The van der Waals surface area contributed by atoms with E-state index in [1.165, 1.54) is 0 Å². The number of carbonyl (C=O) groups is 2. The van der Waals surface area contributed by atoms with Crippen molar-refractivity contribution in [2.45, 2.75) is 27.3 Å². The third-order valence-electron chi connectivity index (χ3n) is 3.88. The van der Waals surface area contributed by atoms with Crippen LogP contribution in [0.5, 0.6) is 0 Å². The molecule has 2 aromatic carbocycles. The normalized spacial score (nSPS) is 11.0. The van der Waals surface area contributed by atoms with Gasteiger partial charge in [-0.1, -0.05) is 48.0 Å². The Morgan fingerprint density at radius 1 is 1.04 bits per heavy atom. The fourth-order valence-corrected chi connectivity index (χ4v) is 2.28. The summed E-state index contributed by atoms with van der Waals surface area (Å²) in [7, 11) is 0. The van der Waals surface area contributed by atoms with Crippen molar-refractivity contribution in [2.24, 2.45) is 5.41 Å². The quantitative estimate of drug-likeness (QED) is 0.807. The summed E-state index contributed by atoms with van der Waals surface area (Å²) in [5.74, 6) is -0.707. The largest absolute Gasteiger partial charge is 0.351 e. The molecular weight excluding hydrogens is 324 g/mol. The molecule has 0 aliphatic heterocycles. The number of amides is 2. The van der Waals surface area contributed by atoms with Gasteiger partial charge in [-0.3, -0.25) is 9.59 Å². The average molecular weight is 345 g/mol. The van der Waals surface area contributed by atoms with E-state index in [4.69, 9.17) is 11.6 Å². The molecule has 0 aliphatic rings. The monoisotopic (exact) mass is 344 g/mol. The van der Waals surface area contributed by atoms with Gasteiger partial charge in [0.2, 0.25) is 11.8 Å². The van der Waals surface area contributed by atoms with Crippen molar-refractivity contribution in [1.82, 2.24) is 5.32 Å². The van der Waals surface area contributed by atoms with E-state index in [0.29, 0.717) is 17.3 Å². The van der Waals surface area contributed by atoms with Crippen molar-refractivity contribution < 1.29 is 9.59 Å². The Balaban J connectivity index is 2.03. The number of hydrogen-bond acceptors (Lipinski definition) is 2. The molecule has 5 heteroatoms. The van der Waals surface area contributed by atoms with Crippen LogP contribution in [0.1, 0.15) is 25.0 Å². The van der Waals surface area contributed by atoms with Gasteiger partial charge in [0.15, 0.2) is 0 Å². The number of rotatable bonds is 5. The summed E-state index contributed by atoms with van der Waals surface area (Å²) in [6, 6.07) is 14.8. The highest BCUT2D eigenvalue weighted by Crippen LogP contribution is 2.24. The molecule has 2 aromatic rings. The van der Waals surface area contributed by atoms with Crippen molar-refractivity contribution >= 4 is 29.1 Å². The molecule has 0 bridgehead atoms. The molecular formula is C19H21ClN2O2. The number of carbonyl (C=O) groups excluding carboxylic acids is 2. The van der Waals surface area contributed by atoms with Crippen molar-refractivity contribution in [2.75, 3.05) is 5.32 Å². The fraction of sp³-hybridized carbons (Fsp3) is 0.263. The molecule has 0 aromatic heterocycles. The summed E-state index contributed by atoms with van der Waals surface area (Å²) in [6.07, 6.45) is 0.